The number of halogens is 1. The molecule has 0 spiro atoms. The lowest BCUT2D eigenvalue weighted by Crippen LogP contribution is -2.45. The van der Waals surface area contributed by atoms with E-state index in [4.69, 9.17) is 59.4 Å². The first kappa shape index (κ1) is 100. The summed E-state index contributed by atoms with van der Waals surface area (Å²) >= 11 is 3.31. The average Bonchev–Trinajstić information content (AvgIpc) is 0.745. The van der Waals surface area contributed by atoms with Crippen molar-refractivity contribution in [3.63, 3.8) is 0 Å². The van der Waals surface area contributed by atoms with Crippen molar-refractivity contribution >= 4 is 39.8 Å². The minimum absolute atomic E-state index is 0.0752. The molecular weight excluding hydrogens is 1560 g/mol. The number of unbranched alkanes of at least 4 members (excludes halogenated alkanes) is 2. The van der Waals surface area contributed by atoms with Crippen LogP contribution in [0.4, 0.5) is 0 Å². The van der Waals surface area contributed by atoms with Crippen LogP contribution in [0, 0.1) is 61.2 Å². The number of allylic oxidation sites excluding steroid dienone is 6. The molecule has 642 valence electrons. The third-order valence-electron chi connectivity index (χ3n) is 21.9. The number of carbonyl (C=O) groups excluding carboxylic acids is 1. The molecule has 11 rings (SSSR count). The Hall–Kier alpha value is -10.2. The molecule has 118 heavy (non-hydrogen) atoms. The van der Waals surface area contributed by atoms with Gasteiger partial charge >= 0.3 is 23.9 Å². The number of ether oxygens (including phenoxy) is 6. The summed E-state index contributed by atoms with van der Waals surface area (Å²) in [6, 6.07) is 32.3. The first-order valence-corrected chi connectivity index (χ1v) is 41.6. The van der Waals surface area contributed by atoms with Crippen LogP contribution in [0.3, 0.4) is 0 Å². The molecule has 6 aromatic carbocycles. The molecule has 8 N–H and O–H groups in total. The van der Waals surface area contributed by atoms with E-state index < -0.39 is 47.2 Å². The Morgan fingerprint density at radius 2 is 0.975 bits per heavy atom. The molecule has 11 atom stereocenters. The molecule has 0 radical (unpaired) electrons. The Kier molecular flexibility index (Phi) is 39.7. The SMILES string of the molecule is C=C(C)[C@H]1C=C[C@@](C)(O)CC1.CC(C(=O)O)c1cc(O)cc(O)c1.CC1=CC[C@@H]2C(C1)c1c(O)cc(C(C)C(=O)O)cc1OC2(C)C.CCCCBr.CCCCOC(=O)C(C)c1cc(O)c2c(c1)OC(C)(C)[C@@H]1CC=C(C)CC21.COc1cc(C)cc(C(C)C#N)c1.COc1cc(C)cc(C(C)C(=O)O)c1.COc1cc(C)cc(CC#N)c1. The Morgan fingerprint density at radius 1 is 0.568 bits per heavy atom. The molecule has 0 saturated carbocycles. The van der Waals surface area contributed by atoms with Gasteiger partial charge < -0.3 is 69.3 Å². The molecule has 3 aliphatic carbocycles. The predicted octanol–water partition coefficient (Wildman–Crippen LogP) is 22.3. The van der Waals surface area contributed by atoms with Crippen molar-refractivity contribution in [3.05, 3.63) is 206 Å². The van der Waals surface area contributed by atoms with Crippen molar-refractivity contribution in [1.29, 1.82) is 10.5 Å². The maximum atomic E-state index is 12.3. The van der Waals surface area contributed by atoms with E-state index in [0.29, 0.717) is 59.2 Å². The van der Waals surface area contributed by atoms with E-state index in [2.05, 4.69) is 108 Å². The summed E-state index contributed by atoms with van der Waals surface area (Å²) in [6.07, 6.45) is 19.0. The van der Waals surface area contributed by atoms with Crippen LogP contribution in [0.1, 0.15) is 271 Å². The molecule has 0 amide bonds. The highest BCUT2D eigenvalue weighted by Gasteiger charge is 2.48. The fourth-order valence-corrected chi connectivity index (χ4v) is 15.1. The van der Waals surface area contributed by atoms with E-state index in [0.717, 1.165) is 124 Å². The second kappa shape index (κ2) is 46.8. The number of nitrogens with zero attached hydrogens (tertiary/aromatic N) is 2. The summed E-state index contributed by atoms with van der Waals surface area (Å²) in [5, 5.41) is 94.2. The quantitative estimate of drug-likeness (QED) is 0.0162. The van der Waals surface area contributed by atoms with Crippen LogP contribution in [0.2, 0.25) is 0 Å². The van der Waals surface area contributed by atoms with Crippen LogP contribution in [-0.2, 0) is 30.3 Å². The molecule has 2 heterocycles. The maximum Gasteiger partial charge on any atom is 0.313 e. The van der Waals surface area contributed by atoms with E-state index in [1.165, 1.54) is 48.6 Å². The van der Waals surface area contributed by atoms with Crippen molar-refractivity contribution < 1.29 is 88.5 Å². The molecule has 20 nitrogen and oxygen atoms in total. The number of carboxylic acid groups (broad SMARTS) is 3. The number of carbonyl (C=O) groups is 4. The number of rotatable bonds is 19. The number of hydrogen-bond acceptors (Lipinski definition) is 17. The number of aromatic hydroxyl groups is 4. The van der Waals surface area contributed by atoms with Gasteiger partial charge in [-0.2, -0.15) is 10.5 Å². The van der Waals surface area contributed by atoms with Gasteiger partial charge in [0.2, 0.25) is 0 Å². The number of fused-ring (bicyclic) bond motifs is 6. The van der Waals surface area contributed by atoms with Gasteiger partial charge in [0.25, 0.3) is 0 Å². The topological polar surface area (TPSA) is 333 Å². The summed E-state index contributed by atoms with van der Waals surface area (Å²) in [6.45, 7) is 39.5. The van der Waals surface area contributed by atoms with E-state index in [1.54, 1.807) is 59.4 Å². The molecule has 0 fully saturated rings. The van der Waals surface area contributed by atoms with Crippen LogP contribution in [-0.4, -0.2) is 115 Å². The number of carboxylic acids is 3. The monoisotopic (exact) mass is 1690 g/mol. The first-order valence-electron chi connectivity index (χ1n) is 40.5. The van der Waals surface area contributed by atoms with E-state index in [-0.39, 0.29) is 57.9 Å². The second-order valence-corrected chi connectivity index (χ2v) is 33.6. The second-order valence-electron chi connectivity index (χ2n) is 32.8. The smallest absolute Gasteiger partial charge is 0.313 e. The molecular formula is C97H129BrN2O18. The summed E-state index contributed by atoms with van der Waals surface area (Å²) in [4.78, 5) is 44.9. The fourth-order valence-electron chi connectivity index (χ4n) is 14.5. The van der Waals surface area contributed by atoms with Gasteiger partial charge in [-0.1, -0.05) is 108 Å². The normalized spacial score (nSPS) is 19.5. The number of aliphatic hydroxyl groups is 1. The van der Waals surface area contributed by atoms with Crippen molar-refractivity contribution in [3.8, 4) is 63.9 Å². The molecule has 0 aromatic heterocycles. The Bertz CT molecular complexity index is 4530. The first-order chi connectivity index (χ1) is 55.3. The van der Waals surface area contributed by atoms with Crippen LogP contribution in [0.25, 0.3) is 0 Å². The highest BCUT2D eigenvalue weighted by Crippen LogP contribution is 2.56. The number of benzene rings is 6. The third-order valence-corrected chi connectivity index (χ3v) is 22.5. The van der Waals surface area contributed by atoms with Gasteiger partial charge in [0.15, 0.2) is 0 Å². The molecule has 0 saturated heterocycles. The van der Waals surface area contributed by atoms with Crippen molar-refractivity contribution in [2.45, 2.75) is 253 Å². The lowest BCUT2D eigenvalue weighted by molar-refractivity contribution is -0.145. The van der Waals surface area contributed by atoms with Crippen LogP contribution >= 0.6 is 15.9 Å². The van der Waals surface area contributed by atoms with Gasteiger partial charge in [0, 0.05) is 46.2 Å². The van der Waals surface area contributed by atoms with Gasteiger partial charge in [-0.15, -0.1) is 0 Å². The molecule has 6 aromatic rings. The van der Waals surface area contributed by atoms with Crippen LogP contribution in [0.15, 0.2) is 145 Å². The number of phenols is 4. The zero-order chi connectivity index (χ0) is 88.9. The molecule has 0 bridgehead atoms. The minimum atomic E-state index is -0.995. The van der Waals surface area contributed by atoms with E-state index in [9.17, 15) is 39.6 Å². The minimum Gasteiger partial charge on any atom is -0.508 e. The number of methoxy groups -OCH3 is 3. The summed E-state index contributed by atoms with van der Waals surface area (Å²) < 4.78 is 33.1. The molecule has 21 heteroatoms. The highest BCUT2D eigenvalue weighted by molar-refractivity contribution is 9.09. The third kappa shape index (κ3) is 30.3. The van der Waals surface area contributed by atoms with Crippen molar-refractivity contribution in [2.24, 2.45) is 17.8 Å². The number of aliphatic carboxylic acids is 3. The number of nitriles is 2. The Labute approximate surface area is 709 Å². The summed E-state index contributed by atoms with van der Waals surface area (Å²) in [5.41, 5.74) is 12.1. The summed E-state index contributed by atoms with van der Waals surface area (Å²) in [5.74, 6) is -0.0168. The summed E-state index contributed by atoms with van der Waals surface area (Å²) in [7, 11) is 4.84. The zero-order valence-electron chi connectivity index (χ0n) is 73.2. The standard InChI is InChI=1S/C23H32O4.C19H24O4.C11H13NO.C11H14O3.C10H11NO.C10H16O.C9H10O4.C4H9Br/c1-6-7-10-26-22(25)15(3)16-12-19(24)21-17-11-14(2)8-9-18(17)23(4,5)27-20(21)13-16;1-10-5-6-14-13(7-10)17-15(20)8-12(11(2)18(21)22)9-16(17)23-19(14,3)4;1-8-4-10(9(2)7-12)6-11(5-8)13-3;1-7-4-9(8(2)11(12)13)6-10(5-7)14-3;1-8-5-9(3-4-11)7-10(6-8)12-2;1-8(2)9-4-6-10(3,11)7-5-9;1-5(9(12)13)6-2-7(10)4-8(11)3-6;1-2-3-4-5/h8,12-13,15,17-18,24H,6-7,9-11H2,1-5H3;5,8-9,11,13-14,20H,6-7H2,1-4H3,(H,21,22);4-6,9H,1-3H3;4-6,8H,1-3H3,(H,12,13);5-7H,3H2,1-2H3;4,6,9,11H,1,5,7H2,2-3H3;2-5,10-11H,1H3,(H,12,13);2-4H2,1H3/t15?,17?,18-;11?,13?,14-;;;;9-,10+;;/m11...0../s1. The molecule has 2 aliphatic heterocycles. The lowest BCUT2D eigenvalue weighted by atomic mass is 9.67. The zero-order valence-corrected chi connectivity index (χ0v) is 74.7. The van der Waals surface area contributed by atoms with Crippen molar-refractivity contribution in [1.82, 2.24) is 0 Å². The fraction of sp³-hybridized carbons (Fsp3) is 0.485. The van der Waals surface area contributed by atoms with Crippen LogP contribution < -0.4 is 23.7 Å². The highest BCUT2D eigenvalue weighted by atomic mass is 79.9. The number of phenolic OH excluding ortho intramolecular Hbond substituents is 4. The number of hydrogen-bond donors (Lipinski definition) is 8. The molecule has 7 unspecified atom stereocenters. The Morgan fingerprint density at radius 3 is 1.36 bits per heavy atom. The van der Waals surface area contributed by atoms with Crippen molar-refractivity contribution in [2.75, 3.05) is 33.3 Å². The van der Waals surface area contributed by atoms with Crippen LogP contribution in [0.5, 0.6) is 51.7 Å². The predicted molar refractivity (Wildman–Crippen MR) is 469 cm³/mol. The van der Waals surface area contributed by atoms with E-state index in [1.807, 2.05) is 109 Å². The van der Waals surface area contributed by atoms with E-state index >= 15 is 0 Å². The Balaban J connectivity index is 0.000000294. The molecule has 5 aliphatic rings. The van der Waals surface area contributed by atoms with Gasteiger partial charge in [0.1, 0.15) is 62.9 Å². The largest absolute Gasteiger partial charge is 0.508 e. The number of esters is 1. The lowest BCUT2D eigenvalue weighted by Gasteiger charge is -2.47. The van der Waals surface area contributed by atoms with Gasteiger partial charge in [-0.3, -0.25) is 19.2 Å². The van der Waals surface area contributed by atoms with Gasteiger partial charge in [-0.05, 0) is 291 Å². The number of alkyl halides is 1. The average molecular weight is 1690 g/mol. The van der Waals surface area contributed by atoms with Gasteiger partial charge in [0.05, 0.1) is 81.7 Å². The van der Waals surface area contributed by atoms with Gasteiger partial charge in [-0.25, -0.2) is 0 Å². The maximum absolute atomic E-state index is 12.3. The number of aryl methyl sites for hydroxylation is 3.